The van der Waals surface area contributed by atoms with Gasteiger partial charge in [0.1, 0.15) is 11.8 Å². The smallest absolute Gasteiger partial charge is 0.163 e. The number of methoxy groups -OCH3 is 1. The molecule has 0 amide bonds. The van der Waals surface area contributed by atoms with Crippen molar-refractivity contribution >= 4 is 0 Å². The first-order valence-corrected chi connectivity index (χ1v) is 7.51. The van der Waals surface area contributed by atoms with Crippen molar-refractivity contribution in [3.05, 3.63) is 47.3 Å². The van der Waals surface area contributed by atoms with Gasteiger partial charge in [0, 0.05) is 6.04 Å². The highest BCUT2D eigenvalue weighted by molar-refractivity contribution is 5.41. The summed E-state index contributed by atoms with van der Waals surface area (Å²) in [6.45, 7) is 4.10. The second kappa shape index (κ2) is 5.53. The van der Waals surface area contributed by atoms with Gasteiger partial charge in [-0.3, -0.25) is 4.68 Å². The Morgan fingerprint density at radius 2 is 2.00 bits per heavy atom. The zero-order chi connectivity index (χ0) is 15.0. The molecule has 1 aliphatic carbocycles. The van der Waals surface area contributed by atoms with E-state index in [9.17, 15) is 5.11 Å². The number of benzene rings is 1. The standard InChI is InChI=1S/C17H22N2O2/c1-11(2)19-16(15(21-3)10-18-19)17(20)14-7-5-4-6-13(14)12-8-9-12/h4-7,10-12,17,20H,8-9H2,1-3H3. The van der Waals surface area contributed by atoms with Crippen LogP contribution in [0.4, 0.5) is 0 Å². The Labute approximate surface area is 125 Å². The Morgan fingerprint density at radius 1 is 1.29 bits per heavy atom. The minimum absolute atomic E-state index is 0.173. The van der Waals surface area contributed by atoms with Crippen molar-refractivity contribution in [1.82, 2.24) is 9.78 Å². The fraction of sp³-hybridized carbons (Fsp3) is 0.471. The van der Waals surface area contributed by atoms with Gasteiger partial charge >= 0.3 is 0 Å². The second-order valence-electron chi connectivity index (χ2n) is 5.94. The molecule has 112 valence electrons. The molecule has 1 N–H and O–H groups in total. The molecule has 2 aromatic rings. The highest BCUT2D eigenvalue weighted by Gasteiger charge is 2.30. The quantitative estimate of drug-likeness (QED) is 0.916. The van der Waals surface area contributed by atoms with E-state index >= 15 is 0 Å². The molecule has 1 saturated carbocycles. The lowest BCUT2D eigenvalue weighted by molar-refractivity contribution is 0.198. The highest BCUT2D eigenvalue weighted by atomic mass is 16.5. The Balaban J connectivity index is 2.06. The lowest BCUT2D eigenvalue weighted by atomic mass is 9.96. The summed E-state index contributed by atoms with van der Waals surface area (Å²) < 4.78 is 7.23. The van der Waals surface area contributed by atoms with Gasteiger partial charge in [-0.2, -0.15) is 5.10 Å². The van der Waals surface area contributed by atoms with Crippen molar-refractivity contribution in [2.24, 2.45) is 0 Å². The van der Waals surface area contributed by atoms with Gasteiger partial charge in [0.2, 0.25) is 0 Å². The fourth-order valence-electron chi connectivity index (χ4n) is 2.86. The predicted molar refractivity (Wildman–Crippen MR) is 81.6 cm³/mol. The van der Waals surface area contributed by atoms with Gasteiger partial charge in [0.25, 0.3) is 0 Å². The van der Waals surface area contributed by atoms with Crippen LogP contribution in [0, 0.1) is 0 Å². The van der Waals surface area contributed by atoms with Crippen molar-refractivity contribution in [3.8, 4) is 5.75 Å². The van der Waals surface area contributed by atoms with E-state index in [0.717, 1.165) is 11.3 Å². The van der Waals surface area contributed by atoms with Crippen molar-refractivity contribution in [2.45, 2.75) is 44.8 Å². The zero-order valence-corrected chi connectivity index (χ0v) is 12.8. The summed E-state index contributed by atoms with van der Waals surface area (Å²) in [5.74, 6) is 1.24. The van der Waals surface area contributed by atoms with Gasteiger partial charge < -0.3 is 9.84 Å². The molecule has 1 fully saturated rings. The molecule has 0 spiro atoms. The van der Waals surface area contributed by atoms with Crippen LogP contribution in [0.1, 0.15) is 61.6 Å². The number of aliphatic hydroxyl groups excluding tert-OH is 1. The van der Waals surface area contributed by atoms with Crippen LogP contribution in [0.5, 0.6) is 5.75 Å². The van der Waals surface area contributed by atoms with Crippen molar-refractivity contribution in [2.75, 3.05) is 7.11 Å². The molecule has 3 rings (SSSR count). The minimum Gasteiger partial charge on any atom is -0.493 e. The molecular formula is C17H22N2O2. The predicted octanol–water partition coefficient (Wildman–Crippen LogP) is 3.43. The third-order valence-electron chi connectivity index (χ3n) is 4.07. The van der Waals surface area contributed by atoms with Crippen molar-refractivity contribution in [3.63, 3.8) is 0 Å². The van der Waals surface area contributed by atoms with E-state index in [-0.39, 0.29) is 6.04 Å². The van der Waals surface area contributed by atoms with Crippen LogP contribution in [0.25, 0.3) is 0 Å². The molecule has 1 aromatic carbocycles. The van der Waals surface area contributed by atoms with Gasteiger partial charge in [-0.25, -0.2) is 0 Å². The van der Waals surface area contributed by atoms with E-state index < -0.39 is 6.10 Å². The molecule has 0 bridgehead atoms. The summed E-state index contributed by atoms with van der Waals surface area (Å²) >= 11 is 0. The average Bonchev–Trinajstić information content (AvgIpc) is 3.24. The van der Waals surface area contributed by atoms with E-state index in [0.29, 0.717) is 11.7 Å². The van der Waals surface area contributed by atoms with E-state index in [1.165, 1.54) is 18.4 Å². The molecule has 1 aliphatic rings. The van der Waals surface area contributed by atoms with Crippen LogP contribution in [-0.4, -0.2) is 22.0 Å². The summed E-state index contributed by atoms with van der Waals surface area (Å²) in [5, 5.41) is 15.3. The van der Waals surface area contributed by atoms with Crippen LogP contribution in [0.3, 0.4) is 0 Å². The Hall–Kier alpha value is -1.81. The monoisotopic (exact) mass is 286 g/mol. The van der Waals surface area contributed by atoms with Gasteiger partial charge in [-0.05, 0) is 43.7 Å². The van der Waals surface area contributed by atoms with Crippen LogP contribution in [0.2, 0.25) is 0 Å². The van der Waals surface area contributed by atoms with Crippen LogP contribution >= 0.6 is 0 Å². The lowest BCUT2D eigenvalue weighted by Crippen LogP contribution is -2.14. The molecular weight excluding hydrogens is 264 g/mol. The summed E-state index contributed by atoms with van der Waals surface area (Å²) in [6, 6.07) is 8.33. The van der Waals surface area contributed by atoms with Crippen LogP contribution in [-0.2, 0) is 0 Å². The first-order chi connectivity index (χ1) is 10.1. The molecule has 1 unspecified atom stereocenters. The Bertz CT molecular complexity index is 629. The number of aliphatic hydroxyl groups is 1. The number of hydrogen-bond acceptors (Lipinski definition) is 3. The molecule has 1 aromatic heterocycles. The zero-order valence-electron chi connectivity index (χ0n) is 12.8. The van der Waals surface area contributed by atoms with E-state index in [1.54, 1.807) is 13.3 Å². The number of hydrogen-bond donors (Lipinski definition) is 1. The van der Waals surface area contributed by atoms with Gasteiger partial charge in [0.05, 0.1) is 13.3 Å². The van der Waals surface area contributed by atoms with Gasteiger partial charge in [0.15, 0.2) is 5.75 Å². The number of nitrogens with zero attached hydrogens (tertiary/aromatic N) is 2. The Morgan fingerprint density at radius 3 is 2.62 bits per heavy atom. The lowest BCUT2D eigenvalue weighted by Gasteiger charge is -2.19. The minimum atomic E-state index is -0.707. The number of ether oxygens (including phenoxy) is 1. The third kappa shape index (κ3) is 2.56. The molecule has 4 heteroatoms. The summed E-state index contributed by atoms with van der Waals surface area (Å²) in [5.41, 5.74) is 2.96. The molecule has 0 radical (unpaired) electrons. The SMILES string of the molecule is COc1cnn(C(C)C)c1C(O)c1ccccc1C1CC1. The molecule has 1 heterocycles. The second-order valence-corrected chi connectivity index (χ2v) is 5.94. The third-order valence-corrected chi connectivity index (χ3v) is 4.07. The molecule has 1 atom stereocenters. The normalized spacial score (nSPS) is 16.2. The maximum atomic E-state index is 10.9. The first kappa shape index (κ1) is 14.1. The van der Waals surface area contributed by atoms with Crippen molar-refractivity contribution < 1.29 is 9.84 Å². The van der Waals surface area contributed by atoms with Crippen LogP contribution in [0.15, 0.2) is 30.5 Å². The van der Waals surface area contributed by atoms with Crippen molar-refractivity contribution in [1.29, 1.82) is 0 Å². The molecule has 0 aliphatic heterocycles. The molecule has 4 nitrogen and oxygen atoms in total. The highest BCUT2D eigenvalue weighted by Crippen LogP contribution is 2.44. The van der Waals surface area contributed by atoms with Gasteiger partial charge in [-0.15, -0.1) is 0 Å². The van der Waals surface area contributed by atoms with E-state index in [4.69, 9.17) is 4.74 Å². The first-order valence-electron chi connectivity index (χ1n) is 7.51. The summed E-state index contributed by atoms with van der Waals surface area (Å²) in [7, 11) is 1.62. The maximum absolute atomic E-state index is 10.9. The summed E-state index contributed by atoms with van der Waals surface area (Å²) in [6.07, 6.45) is 3.40. The largest absolute Gasteiger partial charge is 0.493 e. The van der Waals surface area contributed by atoms with E-state index in [1.807, 2.05) is 22.9 Å². The molecule has 21 heavy (non-hydrogen) atoms. The summed E-state index contributed by atoms with van der Waals surface area (Å²) in [4.78, 5) is 0. The Kier molecular flexibility index (Phi) is 3.72. The topological polar surface area (TPSA) is 47.3 Å². The van der Waals surface area contributed by atoms with Crippen LogP contribution < -0.4 is 4.74 Å². The van der Waals surface area contributed by atoms with E-state index in [2.05, 4.69) is 25.0 Å². The van der Waals surface area contributed by atoms with Gasteiger partial charge in [-0.1, -0.05) is 24.3 Å². The fourth-order valence-corrected chi connectivity index (χ4v) is 2.86. The number of aromatic nitrogens is 2. The average molecular weight is 286 g/mol. The maximum Gasteiger partial charge on any atom is 0.163 e. The number of rotatable bonds is 5. The molecule has 0 saturated heterocycles.